The first-order valence-electron chi connectivity index (χ1n) is 12.8. The Morgan fingerprint density at radius 1 is 1.15 bits per heavy atom. The van der Waals surface area contributed by atoms with Crippen molar-refractivity contribution in [1.82, 2.24) is 15.3 Å². The number of alkyl halides is 3. The smallest absolute Gasteiger partial charge is 0.434 e. The van der Waals surface area contributed by atoms with Gasteiger partial charge in [0.15, 0.2) is 5.69 Å². The van der Waals surface area contributed by atoms with Gasteiger partial charge in [-0.1, -0.05) is 12.1 Å². The van der Waals surface area contributed by atoms with Gasteiger partial charge in [-0.3, -0.25) is 4.79 Å². The monoisotopic (exact) mass is 572 g/mol. The summed E-state index contributed by atoms with van der Waals surface area (Å²) in [6.07, 6.45) is -3.84. The lowest BCUT2D eigenvalue weighted by atomic mass is 9.89. The summed E-state index contributed by atoms with van der Waals surface area (Å²) in [4.78, 5) is 34.2. The maximum absolute atomic E-state index is 14.1. The first-order chi connectivity index (χ1) is 19.6. The summed E-state index contributed by atoms with van der Waals surface area (Å²) >= 11 is 0. The number of carbonyl (C=O) groups is 2. The van der Waals surface area contributed by atoms with Gasteiger partial charge < -0.3 is 29.5 Å². The molecule has 0 spiro atoms. The van der Waals surface area contributed by atoms with Gasteiger partial charge in [-0.2, -0.15) is 13.2 Å². The molecule has 0 radical (unpaired) electrons. The van der Waals surface area contributed by atoms with E-state index in [4.69, 9.17) is 14.2 Å². The number of hydrogen-bond acceptors (Lipinski definition) is 8. The van der Waals surface area contributed by atoms with Crippen molar-refractivity contribution in [2.75, 3.05) is 31.8 Å². The number of ether oxygens (including phenoxy) is 3. The van der Waals surface area contributed by atoms with Crippen LogP contribution in [-0.4, -0.2) is 59.4 Å². The minimum absolute atomic E-state index is 0.0519. The minimum atomic E-state index is -4.99. The lowest BCUT2D eigenvalue weighted by Crippen LogP contribution is -2.57. The van der Waals surface area contributed by atoms with Gasteiger partial charge >= 0.3 is 12.1 Å². The second kappa shape index (κ2) is 11.2. The minimum Gasteiger partial charge on any atom is -0.497 e. The van der Waals surface area contributed by atoms with Crippen LogP contribution in [0.5, 0.6) is 11.5 Å². The van der Waals surface area contributed by atoms with Crippen LogP contribution in [0.4, 0.5) is 24.8 Å². The fourth-order valence-corrected chi connectivity index (χ4v) is 4.89. The number of carbonyl (C=O) groups excluding carboxylic acids is 1. The number of anilines is 2. The molecule has 1 aromatic heterocycles. The summed E-state index contributed by atoms with van der Waals surface area (Å²) in [7, 11) is 1.58. The van der Waals surface area contributed by atoms with E-state index in [1.54, 1.807) is 19.2 Å². The van der Waals surface area contributed by atoms with Gasteiger partial charge in [0.25, 0.3) is 5.91 Å². The summed E-state index contributed by atoms with van der Waals surface area (Å²) < 4.78 is 58.5. The summed E-state index contributed by atoms with van der Waals surface area (Å²) in [6.45, 7) is 0.726. The molecule has 0 saturated carbocycles. The molecule has 3 heterocycles. The zero-order chi connectivity index (χ0) is 29.2. The van der Waals surface area contributed by atoms with Crippen LogP contribution in [0.3, 0.4) is 0 Å². The Balaban J connectivity index is 1.36. The van der Waals surface area contributed by atoms with E-state index in [-0.39, 0.29) is 32.0 Å². The summed E-state index contributed by atoms with van der Waals surface area (Å²) in [6, 6.07) is 12.7. The van der Waals surface area contributed by atoms with E-state index < -0.39 is 34.8 Å². The number of halogens is 3. The van der Waals surface area contributed by atoms with Crippen LogP contribution >= 0.6 is 0 Å². The van der Waals surface area contributed by atoms with Crippen molar-refractivity contribution in [3.8, 4) is 11.5 Å². The normalized spacial score (nSPS) is 16.1. The van der Waals surface area contributed by atoms with E-state index in [1.807, 2.05) is 30.3 Å². The highest BCUT2D eigenvalue weighted by Crippen LogP contribution is 2.38. The average molecular weight is 573 g/mol. The molecule has 1 fully saturated rings. The molecule has 13 heteroatoms. The SMILES string of the molecule is COc1cccc(COc2ccc3c(c2)CCN3c2ncc(C(=O)NC3(C(=O)O)CCOCC3)c(C(F)(F)F)n2)c1. The molecular weight excluding hydrogens is 545 g/mol. The first-order valence-corrected chi connectivity index (χ1v) is 12.8. The zero-order valence-electron chi connectivity index (χ0n) is 22.0. The van der Waals surface area contributed by atoms with Crippen LogP contribution in [0.15, 0.2) is 48.7 Å². The van der Waals surface area contributed by atoms with Crippen LogP contribution in [0, 0.1) is 0 Å². The van der Waals surface area contributed by atoms with E-state index >= 15 is 0 Å². The molecule has 5 rings (SSSR count). The Labute approximate surface area is 233 Å². The van der Waals surface area contributed by atoms with Crippen LogP contribution in [0.1, 0.15) is 40.0 Å². The molecule has 1 saturated heterocycles. The standard InChI is InChI=1S/C28H27F3N4O6/c1-39-19-4-2-3-17(13-19)16-41-20-5-6-22-18(14-20)7-10-35(22)26-32-15-21(23(33-26)28(29,30)31)24(36)34-27(25(37)38)8-11-40-12-9-27/h2-6,13-15H,7-12,16H2,1H3,(H,34,36)(H,37,38). The number of methoxy groups -OCH3 is 1. The molecule has 41 heavy (non-hydrogen) atoms. The van der Waals surface area contributed by atoms with Crippen molar-refractivity contribution >= 4 is 23.5 Å². The lowest BCUT2D eigenvalue weighted by molar-refractivity contribution is -0.148. The van der Waals surface area contributed by atoms with E-state index in [1.165, 1.54) is 4.90 Å². The quantitative estimate of drug-likeness (QED) is 0.410. The topological polar surface area (TPSA) is 123 Å². The Morgan fingerprint density at radius 3 is 2.63 bits per heavy atom. The number of rotatable bonds is 8. The summed E-state index contributed by atoms with van der Waals surface area (Å²) in [5, 5.41) is 12.0. The second-order valence-electron chi connectivity index (χ2n) is 9.72. The fraction of sp³-hybridized carbons (Fsp3) is 0.357. The molecule has 10 nitrogen and oxygen atoms in total. The molecule has 0 unspecified atom stereocenters. The Kier molecular flexibility index (Phi) is 7.72. The number of nitrogens with zero attached hydrogens (tertiary/aromatic N) is 3. The van der Waals surface area contributed by atoms with Crippen LogP contribution in [0.25, 0.3) is 0 Å². The van der Waals surface area contributed by atoms with Gasteiger partial charge in [0.1, 0.15) is 23.6 Å². The van der Waals surface area contributed by atoms with Gasteiger partial charge in [0.05, 0.1) is 12.7 Å². The molecule has 1 amide bonds. The highest BCUT2D eigenvalue weighted by Gasteiger charge is 2.44. The third-order valence-corrected chi connectivity index (χ3v) is 7.13. The number of aromatic nitrogens is 2. The van der Waals surface area contributed by atoms with Gasteiger partial charge in [-0.15, -0.1) is 0 Å². The number of fused-ring (bicyclic) bond motifs is 1. The van der Waals surface area contributed by atoms with Crippen molar-refractivity contribution in [1.29, 1.82) is 0 Å². The Hall–Kier alpha value is -4.39. The number of aliphatic carboxylic acids is 1. The number of hydrogen-bond donors (Lipinski definition) is 2. The van der Waals surface area contributed by atoms with Gasteiger partial charge in [0, 0.05) is 44.5 Å². The van der Waals surface area contributed by atoms with Gasteiger partial charge in [-0.25, -0.2) is 14.8 Å². The van der Waals surface area contributed by atoms with Crippen molar-refractivity contribution in [3.63, 3.8) is 0 Å². The largest absolute Gasteiger partial charge is 0.497 e. The van der Waals surface area contributed by atoms with E-state index in [2.05, 4.69) is 15.3 Å². The highest BCUT2D eigenvalue weighted by atomic mass is 19.4. The molecule has 0 aliphatic carbocycles. The number of carboxylic acid groups (broad SMARTS) is 1. The summed E-state index contributed by atoms with van der Waals surface area (Å²) in [5.41, 5.74) is -1.66. The molecule has 0 bridgehead atoms. The van der Waals surface area contributed by atoms with Gasteiger partial charge in [-0.05, 0) is 47.9 Å². The first kappa shape index (κ1) is 28.1. The highest BCUT2D eigenvalue weighted by molar-refractivity contribution is 5.98. The van der Waals surface area contributed by atoms with Crippen molar-refractivity contribution in [2.24, 2.45) is 0 Å². The van der Waals surface area contributed by atoms with Crippen LogP contribution in [0.2, 0.25) is 0 Å². The van der Waals surface area contributed by atoms with E-state index in [0.717, 1.165) is 17.3 Å². The number of nitrogens with one attached hydrogen (secondary N) is 1. The van der Waals surface area contributed by atoms with E-state index in [9.17, 15) is 27.9 Å². The molecule has 216 valence electrons. The molecular formula is C28H27F3N4O6. The molecule has 3 aromatic rings. The Morgan fingerprint density at radius 2 is 1.93 bits per heavy atom. The number of carboxylic acids is 1. The zero-order valence-corrected chi connectivity index (χ0v) is 22.0. The predicted molar refractivity (Wildman–Crippen MR) is 139 cm³/mol. The molecule has 0 atom stereocenters. The maximum Gasteiger partial charge on any atom is 0.434 e. The molecule has 2 aromatic carbocycles. The maximum atomic E-state index is 14.1. The van der Waals surface area contributed by atoms with Crippen molar-refractivity contribution in [2.45, 2.75) is 37.6 Å². The summed E-state index contributed by atoms with van der Waals surface area (Å²) in [5.74, 6) is -1.48. The predicted octanol–water partition coefficient (Wildman–Crippen LogP) is 4.14. The number of benzene rings is 2. The van der Waals surface area contributed by atoms with Crippen molar-refractivity contribution in [3.05, 3.63) is 71.0 Å². The second-order valence-corrected chi connectivity index (χ2v) is 9.72. The van der Waals surface area contributed by atoms with Crippen LogP contribution in [-0.2, 0) is 28.7 Å². The average Bonchev–Trinajstić information content (AvgIpc) is 3.39. The Bertz CT molecular complexity index is 1460. The van der Waals surface area contributed by atoms with Crippen LogP contribution < -0.4 is 19.7 Å². The fourth-order valence-electron chi connectivity index (χ4n) is 4.89. The van der Waals surface area contributed by atoms with Crippen molar-refractivity contribution < 1.29 is 42.1 Å². The molecule has 2 aliphatic heterocycles. The van der Waals surface area contributed by atoms with E-state index in [0.29, 0.717) is 36.8 Å². The number of amides is 1. The molecule has 2 N–H and O–H groups in total. The third-order valence-electron chi connectivity index (χ3n) is 7.13. The molecule has 2 aliphatic rings. The third kappa shape index (κ3) is 5.89. The van der Waals surface area contributed by atoms with Gasteiger partial charge in [0.2, 0.25) is 5.95 Å². The lowest BCUT2D eigenvalue weighted by Gasteiger charge is -2.34.